The van der Waals surface area contributed by atoms with Crippen LogP contribution in [0.2, 0.25) is 0 Å². The number of unbranched alkanes of at least 4 members (excludes halogenated alkanes) is 29. The van der Waals surface area contributed by atoms with E-state index in [-0.39, 0.29) is 25.7 Å². The first-order chi connectivity index (χ1) is 39.8. The van der Waals surface area contributed by atoms with Crippen LogP contribution in [0.25, 0.3) is 0 Å². The Balaban J connectivity index is 5.25. The predicted molar refractivity (Wildman–Crippen MR) is 331 cm³/mol. The maximum atomic E-state index is 13.0. The van der Waals surface area contributed by atoms with Crippen LogP contribution < -0.4 is 0 Å². The number of aliphatic hydroxyl groups is 1. The maximum absolute atomic E-state index is 13.0. The number of esters is 4. The molecular weight excluding hydrogens is 1100 g/mol. The number of phosphoric ester groups is 2. The molecule has 492 valence electrons. The van der Waals surface area contributed by atoms with Gasteiger partial charge in [-0.05, 0) is 43.4 Å². The van der Waals surface area contributed by atoms with Crippen molar-refractivity contribution in [3.05, 3.63) is 0 Å². The molecule has 0 aromatic rings. The van der Waals surface area contributed by atoms with E-state index in [2.05, 4.69) is 48.5 Å². The van der Waals surface area contributed by atoms with Crippen LogP contribution in [-0.4, -0.2) is 96.7 Å². The van der Waals surface area contributed by atoms with Gasteiger partial charge in [-0.1, -0.05) is 260 Å². The van der Waals surface area contributed by atoms with E-state index in [1.807, 2.05) is 0 Å². The average molecular weight is 1230 g/mol. The lowest BCUT2D eigenvalue weighted by molar-refractivity contribution is -0.161. The second-order valence-electron chi connectivity index (χ2n) is 24.3. The zero-order chi connectivity index (χ0) is 61.7. The van der Waals surface area contributed by atoms with Gasteiger partial charge in [0.1, 0.15) is 19.3 Å². The molecule has 0 aliphatic carbocycles. The molecule has 0 aliphatic heterocycles. The molecule has 0 spiro atoms. The number of phosphoric acid groups is 2. The predicted octanol–water partition coefficient (Wildman–Crippen LogP) is 17.5. The van der Waals surface area contributed by atoms with Crippen molar-refractivity contribution < 1.29 is 80.2 Å². The van der Waals surface area contributed by atoms with Crippen LogP contribution in [0, 0.1) is 17.8 Å². The first kappa shape index (κ1) is 81.1. The number of aliphatic hydroxyl groups excluding tert-OH is 1. The SMILES string of the molecule is CCCCCCCCCCCCC(=O)OC[C@H](COP(=O)(O)OC[C@H](O)COP(=O)(O)OC[C@@H](COC(=O)CCCCCCCCCC(C)C)OC(=O)CCCCCCCCCCCCC(C)C)OC(=O)CCCCCCCCC(C)CC. The highest BCUT2D eigenvalue weighted by atomic mass is 31.2. The number of rotatable bonds is 62. The molecule has 19 heteroatoms. The summed E-state index contributed by atoms with van der Waals surface area (Å²) in [6.45, 7) is 11.7. The van der Waals surface area contributed by atoms with Gasteiger partial charge < -0.3 is 33.8 Å². The molecule has 0 amide bonds. The van der Waals surface area contributed by atoms with Gasteiger partial charge >= 0.3 is 39.5 Å². The lowest BCUT2D eigenvalue weighted by Crippen LogP contribution is -2.30. The van der Waals surface area contributed by atoms with E-state index < -0.39 is 97.5 Å². The molecule has 0 fully saturated rings. The van der Waals surface area contributed by atoms with E-state index in [9.17, 15) is 43.2 Å². The lowest BCUT2D eigenvalue weighted by Gasteiger charge is -2.21. The summed E-state index contributed by atoms with van der Waals surface area (Å²) in [5, 5.41) is 10.5. The van der Waals surface area contributed by atoms with Gasteiger partial charge in [0.25, 0.3) is 0 Å². The average Bonchev–Trinajstić information content (AvgIpc) is 3.45. The molecule has 0 saturated carbocycles. The van der Waals surface area contributed by atoms with Crippen molar-refractivity contribution in [2.24, 2.45) is 17.8 Å². The molecule has 0 aromatic heterocycles. The monoisotopic (exact) mass is 1230 g/mol. The summed E-state index contributed by atoms with van der Waals surface area (Å²) in [6.07, 6.45) is 36.3. The number of hydrogen-bond acceptors (Lipinski definition) is 15. The Bertz CT molecular complexity index is 1650. The van der Waals surface area contributed by atoms with E-state index in [4.69, 9.17) is 37.0 Å². The molecule has 17 nitrogen and oxygen atoms in total. The quantitative estimate of drug-likeness (QED) is 0.0222. The molecule has 0 bridgehead atoms. The van der Waals surface area contributed by atoms with Gasteiger partial charge in [-0.25, -0.2) is 9.13 Å². The van der Waals surface area contributed by atoms with Crippen LogP contribution in [0.3, 0.4) is 0 Å². The Kier molecular flexibility index (Phi) is 54.1. The fourth-order valence-corrected chi connectivity index (χ4v) is 11.0. The molecule has 0 saturated heterocycles. The van der Waals surface area contributed by atoms with Gasteiger partial charge in [0.15, 0.2) is 12.2 Å². The fraction of sp³-hybridized carbons (Fsp3) is 0.938. The van der Waals surface area contributed by atoms with Crippen molar-refractivity contribution in [2.45, 2.75) is 330 Å². The highest BCUT2D eigenvalue weighted by Crippen LogP contribution is 2.45. The molecule has 0 aromatic carbocycles. The molecular formula is C64H124O17P2. The Labute approximate surface area is 505 Å². The number of ether oxygens (including phenoxy) is 4. The standard InChI is InChI=1S/C64H124O17P2/c1-8-10-11-12-13-14-18-23-31-38-45-61(66)74-52-60(81-64(69)48-41-34-27-26-30-37-44-57(7)9-2)54-79-83(72,73)77-50-58(65)49-76-82(70,71)78-53-59(51-75-62(67)46-39-32-25-20-22-29-36-43-56(5)6)80-63(68)47-40-33-24-19-16-15-17-21-28-35-42-55(3)4/h55-60,65H,8-54H2,1-7H3,(H,70,71)(H,72,73)/t57?,58-,59-,60-/m1/s1. The van der Waals surface area contributed by atoms with E-state index in [1.54, 1.807) is 0 Å². The minimum atomic E-state index is -4.94. The smallest absolute Gasteiger partial charge is 0.462 e. The molecule has 0 radical (unpaired) electrons. The van der Waals surface area contributed by atoms with Crippen LogP contribution in [0.4, 0.5) is 0 Å². The summed E-state index contributed by atoms with van der Waals surface area (Å²) < 4.78 is 68.0. The zero-order valence-electron chi connectivity index (χ0n) is 53.6. The summed E-state index contributed by atoms with van der Waals surface area (Å²) in [7, 11) is -9.89. The minimum absolute atomic E-state index is 0.103. The van der Waals surface area contributed by atoms with Gasteiger partial charge in [0, 0.05) is 25.7 Å². The second kappa shape index (κ2) is 55.4. The largest absolute Gasteiger partial charge is 0.472 e. The fourth-order valence-electron chi connectivity index (χ4n) is 9.45. The second-order valence-corrected chi connectivity index (χ2v) is 27.3. The maximum Gasteiger partial charge on any atom is 0.472 e. The minimum Gasteiger partial charge on any atom is -0.462 e. The van der Waals surface area contributed by atoms with Crippen molar-refractivity contribution in [3.8, 4) is 0 Å². The topological polar surface area (TPSA) is 237 Å². The molecule has 83 heavy (non-hydrogen) atoms. The molecule has 3 unspecified atom stereocenters. The van der Waals surface area contributed by atoms with Gasteiger partial charge in [-0.3, -0.25) is 37.3 Å². The van der Waals surface area contributed by atoms with Crippen LogP contribution in [0.5, 0.6) is 0 Å². The molecule has 3 N–H and O–H groups in total. The normalized spacial score (nSPS) is 14.7. The van der Waals surface area contributed by atoms with Crippen LogP contribution in [0.15, 0.2) is 0 Å². The number of hydrogen-bond donors (Lipinski definition) is 3. The number of carbonyl (C=O) groups excluding carboxylic acids is 4. The first-order valence-electron chi connectivity index (χ1n) is 33.4. The van der Waals surface area contributed by atoms with Crippen molar-refractivity contribution in [1.82, 2.24) is 0 Å². The van der Waals surface area contributed by atoms with Crippen molar-refractivity contribution >= 4 is 39.5 Å². The van der Waals surface area contributed by atoms with Crippen molar-refractivity contribution in [3.63, 3.8) is 0 Å². The van der Waals surface area contributed by atoms with E-state index in [0.29, 0.717) is 31.6 Å². The van der Waals surface area contributed by atoms with Gasteiger partial charge in [0.2, 0.25) is 0 Å². The lowest BCUT2D eigenvalue weighted by atomic mass is 10.00. The van der Waals surface area contributed by atoms with Gasteiger partial charge in [-0.2, -0.15) is 0 Å². The summed E-state index contributed by atoms with van der Waals surface area (Å²) in [4.78, 5) is 72.2. The Morgan fingerprint density at radius 1 is 0.349 bits per heavy atom. The van der Waals surface area contributed by atoms with E-state index >= 15 is 0 Å². The molecule has 0 heterocycles. The highest BCUT2D eigenvalue weighted by Gasteiger charge is 2.30. The van der Waals surface area contributed by atoms with E-state index in [1.165, 1.54) is 116 Å². The van der Waals surface area contributed by atoms with Gasteiger partial charge in [0.05, 0.1) is 26.4 Å². The third-order valence-corrected chi connectivity index (χ3v) is 16.9. The summed E-state index contributed by atoms with van der Waals surface area (Å²) in [5.41, 5.74) is 0. The third-order valence-electron chi connectivity index (χ3n) is 15.0. The molecule has 0 rings (SSSR count). The Morgan fingerprint density at radius 3 is 0.916 bits per heavy atom. The highest BCUT2D eigenvalue weighted by molar-refractivity contribution is 7.47. The third kappa shape index (κ3) is 57.6. The van der Waals surface area contributed by atoms with Crippen molar-refractivity contribution in [1.29, 1.82) is 0 Å². The summed E-state index contributed by atoms with van der Waals surface area (Å²) in [6, 6.07) is 0. The van der Waals surface area contributed by atoms with Crippen LogP contribution in [0.1, 0.15) is 312 Å². The number of carbonyl (C=O) groups is 4. The van der Waals surface area contributed by atoms with E-state index in [0.717, 1.165) is 108 Å². The summed E-state index contributed by atoms with van der Waals surface area (Å²) >= 11 is 0. The van der Waals surface area contributed by atoms with Crippen LogP contribution in [-0.2, 0) is 65.4 Å². The molecule has 0 aliphatic rings. The Morgan fingerprint density at radius 2 is 0.614 bits per heavy atom. The van der Waals surface area contributed by atoms with Crippen molar-refractivity contribution in [2.75, 3.05) is 39.6 Å². The van der Waals surface area contributed by atoms with Crippen LogP contribution >= 0.6 is 15.6 Å². The summed E-state index contributed by atoms with van der Waals surface area (Å²) in [5.74, 6) is 0.0385. The Hall–Kier alpha value is -1.94. The zero-order valence-corrected chi connectivity index (χ0v) is 55.4. The molecule has 6 atom stereocenters. The van der Waals surface area contributed by atoms with Gasteiger partial charge in [-0.15, -0.1) is 0 Å². The first-order valence-corrected chi connectivity index (χ1v) is 36.4.